The maximum absolute atomic E-state index is 11.5. The van der Waals surface area contributed by atoms with E-state index in [1.165, 1.54) is 0 Å². The average molecular weight is 545 g/mol. The van der Waals surface area contributed by atoms with Gasteiger partial charge < -0.3 is 80.1 Å². The van der Waals surface area contributed by atoms with E-state index in [4.69, 9.17) is 23.7 Å². The molecule has 0 saturated carbocycles. The number of carbonyl (C=O) groups is 1. The quantitative estimate of drug-likeness (QED) is 0.135. The molecule has 0 radical (unpaired) electrons. The van der Waals surface area contributed by atoms with Crippen molar-refractivity contribution in [3.63, 3.8) is 0 Å². The van der Waals surface area contributed by atoms with Gasteiger partial charge in [0, 0.05) is 6.92 Å². The molecule has 17 heteroatoms. The van der Waals surface area contributed by atoms with E-state index in [-0.39, 0.29) is 0 Å². The van der Waals surface area contributed by atoms with Gasteiger partial charge in [-0.25, -0.2) is 0 Å². The predicted molar refractivity (Wildman–Crippen MR) is 113 cm³/mol. The Kier molecular flexibility index (Phi) is 10.5. The van der Waals surface area contributed by atoms with E-state index in [0.717, 1.165) is 6.92 Å². The highest BCUT2D eigenvalue weighted by Gasteiger charge is 2.53. The lowest BCUT2D eigenvalue weighted by atomic mass is 9.95. The van der Waals surface area contributed by atoms with Crippen molar-refractivity contribution in [3.8, 4) is 0 Å². The van der Waals surface area contributed by atoms with Gasteiger partial charge in [0.25, 0.3) is 0 Å². The summed E-state index contributed by atoms with van der Waals surface area (Å²) in [5, 5.41) is 103. The zero-order valence-corrected chi connectivity index (χ0v) is 19.7. The lowest BCUT2D eigenvalue weighted by Gasteiger charge is -2.48. The largest absolute Gasteiger partial charge is 0.394 e. The Morgan fingerprint density at radius 1 is 0.649 bits per heavy atom. The molecular weight excluding hydrogens is 510 g/mol. The summed E-state index contributed by atoms with van der Waals surface area (Å²) < 4.78 is 26.9. The Morgan fingerprint density at radius 3 is 1.70 bits per heavy atom. The van der Waals surface area contributed by atoms with Crippen molar-refractivity contribution < 1.29 is 79.5 Å². The van der Waals surface area contributed by atoms with Crippen LogP contribution in [-0.4, -0.2) is 169 Å². The van der Waals surface area contributed by atoms with Crippen molar-refractivity contribution in [3.05, 3.63) is 0 Å². The summed E-state index contributed by atoms with van der Waals surface area (Å²) in [7, 11) is 0. The number of carbonyl (C=O) groups excluding carboxylic acids is 1. The molecule has 0 aromatic heterocycles. The van der Waals surface area contributed by atoms with Crippen LogP contribution in [0.4, 0.5) is 0 Å². The van der Waals surface area contributed by atoms with Gasteiger partial charge in [-0.3, -0.25) is 4.79 Å². The molecule has 0 aromatic rings. The van der Waals surface area contributed by atoms with E-state index in [0.29, 0.717) is 0 Å². The summed E-state index contributed by atoms with van der Waals surface area (Å²) in [6.07, 6.45) is -23.4. The second-order valence-electron chi connectivity index (χ2n) is 9.07. The van der Waals surface area contributed by atoms with Gasteiger partial charge in [0.15, 0.2) is 18.9 Å². The number of amides is 1. The topological polar surface area (TPSA) is 278 Å². The molecular formula is C20H35NO16. The fourth-order valence-electron chi connectivity index (χ4n) is 4.46. The van der Waals surface area contributed by atoms with Crippen molar-refractivity contribution in [2.24, 2.45) is 0 Å². The van der Waals surface area contributed by atoms with Gasteiger partial charge in [-0.2, -0.15) is 0 Å². The fourth-order valence-corrected chi connectivity index (χ4v) is 4.46. The van der Waals surface area contributed by atoms with E-state index < -0.39 is 118 Å². The standard InChI is InChI=1S/C20H35NO16/c1-5(25)21-9-12(28)16(8(4-24)33-18(9)32)36-20-15(31)17(11(27)7(3-23)35-20)37-19-14(30)13(29)10(26)6(2-22)34-19/h6-20,22-24,26-32H,2-4H2,1H3,(H,21,25)/t6-,7-,8-,9-,10-,11+,12-,13+,14-,15-,16-,17+,18-,19+,20+/m1/s1. The van der Waals surface area contributed by atoms with Crippen molar-refractivity contribution >= 4 is 5.91 Å². The molecule has 3 aliphatic rings. The first-order chi connectivity index (χ1) is 17.4. The predicted octanol–water partition coefficient (Wildman–Crippen LogP) is -7.43. The first kappa shape index (κ1) is 30.4. The molecule has 17 nitrogen and oxygen atoms in total. The molecule has 15 atom stereocenters. The Labute approximate surface area is 210 Å². The van der Waals surface area contributed by atoms with Crippen LogP contribution >= 0.6 is 0 Å². The van der Waals surface area contributed by atoms with Crippen LogP contribution in [-0.2, 0) is 28.5 Å². The Balaban J connectivity index is 1.80. The van der Waals surface area contributed by atoms with Crippen molar-refractivity contribution in [1.82, 2.24) is 5.32 Å². The molecule has 0 bridgehead atoms. The van der Waals surface area contributed by atoms with Crippen LogP contribution in [0, 0.1) is 0 Å². The molecule has 0 aliphatic carbocycles. The average Bonchev–Trinajstić information content (AvgIpc) is 2.86. The van der Waals surface area contributed by atoms with Crippen LogP contribution in [0.5, 0.6) is 0 Å². The lowest BCUT2D eigenvalue weighted by Crippen LogP contribution is -2.68. The number of hydrogen-bond donors (Lipinski definition) is 11. The molecule has 3 fully saturated rings. The van der Waals surface area contributed by atoms with E-state index in [1.54, 1.807) is 0 Å². The van der Waals surface area contributed by atoms with Crippen molar-refractivity contribution in [2.45, 2.75) is 99.0 Å². The van der Waals surface area contributed by atoms with E-state index in [1.807, 2.05) is 0 Å². The number of rotatable bonds is 8. The van der Waals surface area contributed by atoms with E-state index in [2.05, 4.69) is 5.32 Å². The summed E-state index contributed by atoms with van der Waals surface area (Å²) >= 11 is 0. The molecule has 3 heterocycles. The highest BCUT2D eigenvalue weighted by molar-refractivity contribution is 5.73. The first-order valence-electron chi connectivity index (χ1n) is 11.6. The summed E-state index contributed by atoms with van der Waals surface area (Å²) in [6.45, 7) is -1.23. The van der Waals surface area contributed by atoms with Gasteiger partial charge in [0.05, 0.1) is 19.8 Å². The molecule has 0 unspecified atom stereocenters. The molecule has 1 amide bonds. The first-order valence-corrected chi connectivity index (χ1v) is 11.6. The third kappa shape index (κ3) is 6.38. The van der Waals surface area contributed by atoms with E-state index >= 15 is 0 Å². The zero-order valence-electron chi connectivity index (χ0n) is 19.7. The van der Waals surface area contributed by atoms with Crippen LogP contribution in [0.25, 0.3) is 0 Å². The van der Waals surface area contributed by atoms with Crippen LogP contribution in [0.15, 0.2) is 0 Å². The molecule has 216 valence electrons. The Hall–Kier alpha value is -1.13. The maximum atomic E-state index is 11.5. The van der Waals surface area contributed by atoms with Crippen molar-refractivity contribution in [1.29, 1.82) is 0 Å². The van der Waals surface area contributed by atoms with Crippen LogP contribution in [0.1, 0.15) is 6.92 Å². The number of hydrogen-bond acceptors (Lipinski definition) is 16. The Morgan fingerprint density at radius 2 is 1.16 bits per heavy atom. The van der Waals surface area contributed by atoms with Gasteiger partial charge in [-0.1, -0.05) is 0 Å². The minimum absolute atomic E-state index is 0.627. The zero-order chi connectivity index (χ0) is 27.6. The van der Waals surface area contributed by atoms with Gasteiger partial charge in [0.2, 0.25) is 5.91 Å². The number of aliphatic hydroxyl groups is 10. The highest BCUT2D eigenvalue weighted by Crippen LogP contribution is 2.32. The molecule has 3 aliphatic heterocycles. The van der Waals surface area contributed by atoms with Crippen molar-refractivity contribution in [2.75, 3.05) is 19.8 Å². The number of nitrogens with one attached hydrogen (secondary N) is 1. The van der Waals surface area contributed by atoms with Gasteiger partial charge >= 0.3 is 0 Å². The second-order valence-corrected chi connectivity index (χ2v) is 9.07. The molecule has 3 rings (SSSR count). The maximum Gasteiger partial charge on any atom is 0.217 e. The van der Waals surface area contributed by atoms with Crippen LogP contribution < -0.4 is 5.32 Å². The summed E-state index contributed by atoms with van der Waals surface area (Å²) in [5.41, 5.74) is 0. The monoisotopic (exact) mass is 545 g/mol. The third-order valence-electron chi connectivity index (χ3n) is 6.50. The molecule has 0 spiro atoms. The normalized spacial score (nSPS) is 49.0. The fraction of sp³-hybridized carbons (Fsp3) is 0.950. The van der Waals surface area contributed by atoms with Gasteiger partial charge in [-0.15, -0.1) is 0 Å². The van der Waals surface area contributed by atoms with Gasteiger partial charge in [-0.05, 0) is 0 Å². The van der Waals surface area contributed by atoms with Crippen LogP contribution in [0.2, 0.25) is 0 Å². The summed E-state index contributed by atoms with van der Waals surface area (Å²) in [6, 6.07) is -1.40. The van der Waals surface area contributed by atoms with Gasteiger partial charge in [0.1, 0.15) is 73.2 Å². The summed E-state index contributed by atoms with van der Waals surface area (Å²) in [4.78, 5) is 11.5. The molecule has 11 N–H and O–H groups in total. The molecule has 3 saturated heterocycles. The summed E-state index contributed by atoms with van der Waals surface area (Å²) in [5.74, 6) is -0.627. The highest BCUT2D eigenvalue weighted by atomic mass is 16.7. The second kappa shape index (κ2) is 12.8. The van der Waals surface area contributed by atoms with Crippen LogP contribution in [0.3, 0.4) is 0 Å². The SMILES string of the molecule is CC(=O)N[C@@H]1[C@@H](O)[C@H](O[C@@H]2O[C@H](CO)[C@H](O)[C@H](O[C@@H]3O[C@H](CO)[C@@H](O)[C@H](O)[C@H]3O)[C@H]2O)[C@@H](CO)O[C@H]1O. The Bertz CT molecular complexity index is 745. The van der Waals surface area contributed by atoms with E-state index in [9.17, 15) is 55.9 Å². The molecule has 37 heavy (non-hydrogen) atoms. The smallest absolute Gasteiger partial charge is 0.217 e. The number of ether oxygens (including phenoxy) is 5. The minimum atomic E-state index is -1.91. The minimum Gasteiger partial charge on any atom is -0.394 e. The lowest BCUT2D eigenvalue weighted by molar-refractivity contribution is -0.375. The third-order valence-corrected chi connectivity index (χ3v) is 6.50. The number of aliphatic hydroxyl groups excluding tert-OH is 10. The molecule has 0 aromatic carbocycles.